The minimum absolute atomic E-state index is 0.0141. The van der Waals surface area contributed by atoms with Crippen LogP contribution in [0.1, 0.15) is 28.7 Å². The van der Waals surface area contributed by atoms with E-state index in [1.54, 1.807) is 11.6 Å². The van der Waals surface area contributed by atoms with Crippen molar-refractivity contribution < 1.29 is 14.6 Å². The minimum atomic E-state index is -0.728. The van der Waals surface area contributed by atoms with Gasteiger partial charge >= 0.3 is 0 Å². The molecule has 0 saturated heterocycles. The first-order valence-electron chi connectivity index (χ1n) is 8.40. The quantitative estimate of drug-likeness (QED) is 0.615. The summed E-state index contributed by atoms with van der Waals surface area (Å²) in [6, 6.07) is 11.9. The van der Waals surface area contributed by atoms with E-state index in [0.717, 1.165) is 20.9 Å². The van der Waals surface area contributed by atoms with Crippen LogP contribution < -0.4 is 4.74 Å². The predicted molar refractivity (Wildman–Crippen MR) is 105 cm³/mol. The van der Waals surface area contributed by atoms with E-state index in [1.165, 1.54) is 6.92 Å². The number of aryl methyl sites for hydroxylation is 1. The van der Waals surface area contributed by atoms with Crippen molar-refractivity contribution in [1.29, 1.82) is 0 Å². The van der Waals surface area contributed by atoms with Crippen molar-refractivity contribution in [2.45, 2.75) is 33.4 Å². The van der Waals surface area contributed by atoms with Crippen molar-refractivity contribution in [3.63, 3.8) is 0 Å². The number of rotatable bonds is 6. The van der Waals surface area contributed by atoms with Gasteiger partial charge in [0.05, 0.1) is 17.8 Å². The lowest BCUT2D eigenvalue weighted by molar-refractivity contribution is 0.0886. The fourth-order valence-electron chi connectivity index (χ4n) is 3.11. The Labute approximate surface area is 160 Å². The van der Waals surface area contributed by atoms with E-state index in [-0.39, 0.29) is 18.9 Å². The van der Waals surface area contributed by atoms with Crippen molar-refractivity contribution in [3.05, 3.63) is 57.8 Å². The molecule has 26 heavy (non-hydrogen) atoms. The highest BCUT2D eigenvalue weighted by molar-refractivity contribution is 9.10. The molecule has 2 aromatic carbocycles. The van der Waals surface area contributed by atoms with Crippen molar-refractivity contribution in [2.24, 2.45) is 0 Å². The molecule has 3 aromatic rings. The highest BCUT2D eigenvalue weighted by atomic mass is 79.9. The number of aromatic nitrogens is 2. The molecule has 1 atom stereocenters. The summed E-state index contributed by atoms with van der Waals surface area (Å²) in [6.07, 6.45) is -0.728. The van der Waals surface area contributed by atoms with Crippen LogP contribution in [0.5, 0.6) is 5.75 Å². The van der Waals surface area contributed by atoms with Gasteiger partial charge in [-0.1, -0.05) is 28.1 Å². The fraction of sp³-hybridized carbons (Fsp3) is 0.300. The molecule has 0 bridgehead atoms. The standard InChI is InChI=1S/C20H21BrN2O3/c1-12-20(14(3)24)13(2)23(22-12)10-18(25)11-26-19-7-5-15-8-17(21)6-4-16(15)9-19/h4-9,18,25H,10-11H2,1-3H3/t18-/m0/s1. The molecular weight excluding hydrogens is 396 g/mol. The van der Waals surface area contributed by atoms with Gasteiger partial charge in [-0.3, -0.25) is 9.48 Å². The van der Waals surface area contributed by atoms with Crippen LogP contribution in [-0.2, 0) is 6.54 Å². The van der Waals surface area contributed by atoms with Gasteiger partial charge in [-0.25, -0.2) is 0 Å². The van der Waals surface area contributed by atoms with E-state index >= 15 is 0 Å². The van der Waals surface area contributed by atoms with Gasteiger partial charge in [-0.05, 0) is 55.8 Å². The molecule has 6 heteroatoms. The Hall–Kier alpha value is -2.18. The molecule has 3 rings (SSSR count). The molecule has 0 saturated carbocycles. The predicted octanol–water partition coefficient (Wildman–Crippen LogP) is 4.06. The second-order valence-electron chi connectivity index (χ2n) is 6.40. The molecule has 136 valence electrons. The largest absolute Gasteiger partial charge is 0.491 e. The number of Topliss-reactive ketones (excluding diaryl/α,β-unsaturated/α-hetero) is 1. The average molecular weight is 417 g/mol. The maximum Gasteiger partial charge on any atom is 0.163 e. The number of hydrogen-bond donors (Lipinski definition) is 1. The van der Waals surface area contributed by atoms with Crippen LogP contribution in [0.25, 0.3) is 10.8 Å². The number of carbonyl (C=O) groups excluding carboxylic acids is 1. The summed E-state index contributed by atoms with van der Waals surface area (Å²) >= 11 is 3.46. The number of benzene rings is 2. The second-order valence-corrected chi connectivity index (χ2v) is 7.32. The number of halogens is 1. The van der Waals surface area contributed by atoms with E-state index in [4.69, 9.17) is 4.74 Å². The lowest BCUT2D eigenvalue weighted by Crippen LogP contribution is -2.25. The van der Waals surface area contributed by atoms with Crippen LogP contribution in [0.2, 0.25) is 0 Å². The van der Waals surface area contributed by atoms with Crippen LogP contribution in [0.3, 0.4) is 0 Å². The highest BCUT2D eigenvalue weighted by Gasteiger charge is 2.17. The number of ether oxygens (including phenoxy) is 1. The molecule has 0 amide bonds. The van der Waals surface area contributed by atoms with Crippen LogP contribution in [0.4, 0.5) is 0 Å². The number of nitrogens with zero attached hydrogens (tertiary/aromatic N) is 2. The van der Waals surface area contributed by atoms with Gasteiger partial charge in [0.2, 0.25) is 0 Å². The Morgan fingerprint density at radius 3 is 2.62 bits per heavy atom. The Morgan fingerprint density at radius 1 is 1.23 bits per heavy atom. The lowest BCUT2D eigenvalue weighted by atomic mass is 10.1. The first-order valence-corrected chi connectivity index (χ1v) is 9.19. The van der Waals surface area contributed by atoms with Crippen molar-refractivity contribution in [1.82, 2.24) is 9.78 Å². The molecule has 1 heterocycles. The third-order valence-electron chi connectivity index (χ3n) is 4.33. The van der Waals surface area contributed by atoms with Gasteiger partial charge in [-0.2, -0.15) is 5.10 Å². The van der Waals surface area contributed by atoms with Crippen molar-refractivity contribution in [3.8, 4) is 5.75 Å². The molecule has 1 N–H and O–H groups in total. The number of fused-ring (bicyclic) bond motifs is 1. The zero-order valence-electron chi connectivity index (χ0n) is 15.0. The molecule has 0 fully saturated rings. The summed E-state index contributed by atoms with van der Waals surface area (Å²) in [5, 5.41) is 16.8. The summed E-state index contributed by atoms with van der Waals surface area (Å²) in [5.41, 5.74) is 2.08. The summed E-state index contributed by atoms with van der Waals surface area (Å²) in [4.78, 5) is 11.7. The van der Waals surface area contributed by atoms with Gasteiger partial charge in [0, 0.05) is 10.2 Å². The zero-order chi connectivity index (χ0) is 18.8. The van der Waals surface area contributed by atoms with E-state index in [0.29, 0.717) is 17.0 Å². The number of carbonyl (C=O) groups is 1. The Bertz CT molecular complexity index is 965. The molecule has 5 nitrogen and oxygen atoms in total. The van der Waals surface area contributed by atoms with Crippen molar-refractivity contribution in [2.75, 3.05) is 6.61 Å². The maximum atomic E-state index is 11.7. The molecule has 0 aliphatic carbocycles. The Kier molecular flexibility index (Phi) is 5.44. The average Bonchev–Trinajstić information content (AvgIpc) is 2.86. The number of aliphatic hydroxyl groups is 1. The molecule has 0 radical (unpaired) electrons. The number of aliphatic hydroxyl groups excluding tert-OH is 1. The van der Waals surface area contributed by atoms with E-state index < -0.39 is 6.10 Å². The van der Waals surface area contributed by atoms with Crippen LogP contribution in [-0.4, -0.2) is 33.4 Å². The first-order chi connectivity index (χ1) is 12.3. The van der Waals surface area contributed by atoms with Crippen LogP contribution >= 0.6 is 15.9 Å². The van der Waals surface area contributed by atoms with Gasteiger partial charge in [0.15, 0.2) is 5.78 Å². The SMILES string of the molecule is CC(=O)c1c(C)nn(C[C@H](O)COc2ccc3cc(Br)ccc3c2)c1C. The van der Waals surface area contributed by atoms with Crippen LogP contribution in [0, 0.1) is 13.8 Å². The Morgan fingerprint density at radius 2 is 1.92 bits per heavy atom. The van der Waals surface area contributed by atoms with Gasteiger partial charge in [0.1, 0.15) is 18.5 Å². The smallest absolute Gasteiger partial charge is 0.163 e. The summed E-state index contributed by atoms with van der Waals surface area (Å²) in [7, 11) is 0. The van der Waals surface area contributed by atoms with E-state index in [1.807, 2.05) is 43.3 Å². The third kappa shape index (κ3) is 3.97. The molecule has 1 aromatic heterocycles. The molecule has 0 spiro atoms. The molecule has 0 aliphatic heterocycles. The van der Waals surface area contributed by atoms with Crippen LogP contribution in [0.15, 0.2) is 40.9 Å². The number of hydrogen-bond acceptors (Lipinski definition) is 4. The highest BCUT2D eigenvalue weighted by Crippen LogP contribution is 2.24. The van der Waals surface area contributed by atoms with E-state index in [9.17, 15) is 9.90 Å². The monoisotopic (exact) mass is 416 g/mol. The van der Waals surface area contributed by atoms with E-state index in [2.05, 4.69) is 21.0 Å². The second kappa shape index (κ2) is 7.60. The summed E-state index contributed by atoms with van der Waals surface area (Å²) < 4.78 is 8.43. The normalized spacial score (nSPS) is 12.3. The maximum absolute atomic E-state index is 11.7. The fourth-order valence-corrected chi connectivity index (χ4v) is 3.49. The summed E-state index contributed by atoms with van der Waals surface area (Å²) in [5.74, 6) is 0.691. The molecular formula is C20H21BrN2O3. The third-order valence-corrected chi connectivity index (χ3v) is 4.83. The summed E-state index contributed by atoms with van der Waals surface area (Å²) in [6.45, 7) is 5.59. The first kappa shape index (κ1) is 18.6. The zero-order valence-corrected chi connectivity index (χ0v) is 16.6. The topological polar surface area (TPSA) is 64.4 Å². The lowest BCUT2D eigenvalue weighted by Gasteiger charge is -2.14. The Balaban J connectivity index is 1.66. The van der Waals surface area contributed by atoms with Gasteiger partial charge < -0.3 is 9.84 Å². The molecule has 0 unspecified atom stereocenters. The molecule has 0 aliphatic rings. The van der Waals surface area contributed by atoms with Gasteiger partial charge in [-0.15, -0.1) is 0 Å². The van der Waals surface area contributed by atoms with Crippen molar-refractivity contribution >= 4 is 32.5 Å². The number of ketones is 1. The minimum Gasteiger partial charge on any atom is -0.491 e. The van der Waals surface area contributed by atoms with Gasteiger partial charge in [0.25, 0.3) is 0 Å².